The highest BCUT2D eigenvalue weighted by Gasteiger charge is 2.26. The molecule has 0 aliphatic rings. The molecular weight excluding hydrogens is 384 g/mol. The van der Waals surface area contributed by atoms with Crippen LogP contribution >= 0.6 is 47.8 Å². The first-order valence-corrected chi connectivity index (χ1v) is 8.06. The van der Waals surface area contributed by atoms with Crippen molar-refractivity contribution in [1.82, 2.24) is 0 Å². The maximum Gasteiger partial charge on any atom is 0.0207 e. The van der Waals surface area contributed by atoms with Crippen molar-refractivity contribution in [3.63, 3.8) is 0 Å². The van der Waals surface area contributed by atoms with E-state index in [9.17, 15) is 0 Å². The average molecular weight is 399 g/mol. The molecular formula is C12H15Br3. The highest BCUT2D eigenvalue weighted by atomic mass is 79.9. The molecule has 1 rings (SSSR count). The standard InChI is InChI=1S/C12H15Br3/c1-2-12(8-13,9-14)7-10-5-3-4-6-11(10)15/h3-6H,2,7-9H2,1H3. The molecule has 0 radical (unpaired) electrons. The lowest BCUT2D eigenvalue weighted by Gasteiger charge is -2.29. The first-order chi connectivity index (χ1) is 7.17. The fourth-order valence-corrected chi connectivity index (χ4v) is 4.03. The van der Waals surface area contributed by atoms with E-state index in [0.717, 1.165) is 17.1 Å². The van der Waals surface area contributed by atoms with Crippen LogP contribution in [0.25, 0.3) is 0 Å². The summed E-state index contributed by atoms with van der Waals surface area (Å²) in [5.74, 6) is 0. The van der Waals surface area contributed by atoms with E-state index in [1.165, 1.54) is 16.5 Å². The summed E-state index contributed by atoms with van der Waals surface area (Å²) < 4.78 is 1.21. The van der Waals surface area contributed by atoms with Gasteiger partial charge in [-0.15, -0.1) is 0 Å². The Morgan fingerprint density at radius 2 is 1.73 bits per heavy atom. The number of rotatable bonds is 5. The third-order valence-corrected chi connectivity index (χ3v) is 5.99. The van der Waals surface area contributed by atoms with E-state index < -0.39 is 0 Å². The van der Waals surface area contributed by atoms with Crippen LogP contribution in [-0.2, 0) is 6.42 Å². The topological polar surface area (TPSA) is 0 Å². The highest BCUT2D eigenvalue weighted by molar-refractivity contribution is 9.10. The molecule has 0 saturated carbocycles. The molecule has 0 aromatic heterocycles. The van der Waals surface area contributed by atoms with Crippen LogP contribution in [0, 0.1) is 5.41 Å². The predicted molar refractivity (Wildman–Crippen MR) is 78.2 cm³/mol. The smallest absolute Gasteiger partial charge is 0.0207 e. The molecule has 0 nitrogen and oxygen atoms in total. The molecule has 0 saturated heterocycles. The van der Waals surface area contributed by atoms with Gasteiger partial charge in [0, 0.05) is 15.1 Å². The lowest BCUT2D eigenvalue weighted by atomic mass is 9.83. The van der Waals surface area contributed by atoms with Gasteiger partial charge in [0.05, 0.1) is 0 Å². The lowest BCUT2D eigenvalue weighted by molar-refractivity contribution is 0.373. The summed E-state index contributed by atoms with van der Waals surface area (Å²) in [6.07, 6.45) is 2.27. The highest BCUT2D eigenvalue weighted by Crippen LogP contribution is 2.33. The van der Waals surface area contributed by atoms with Crippen LogP contribution in [0.15, 0.2) is 28.7 Å². The molecule has 0 heterocycles. The van der Waals surface area contributed by atoms with Crippen LogP contribution in [0.4, 0.5) is 0 Å². The maximum absolute atomic E-state index is 3.63. The second-order valence-corrected chi connectivity index (χ2v) is 5.86. The Kier molecular flexibility index (Phi) is 5.86. The van der Waals surface area contributed by atoms with Crippen LogP contribution in [0.3, 0.4) is 0 Å². The van der Waals surface area contributed by atoms with Crippen molar-refractivity contribution in [3.05, 3.63) is 34.3 Å². The zero-order valence-electron chi connectivity index (χ0n) is 8.77. The Morgan fingerprint density at radius 3 is 2.20 bits per heavy atom. The van der Waals surface area contributed by atoms with Crippen molar-refractivity contribution >= 4 is 47.8 Å². The van der Waals surface area contributed by atoms with Crippen LogP contribution in [-0.4, -0.2) is 10.7 Å². The Balaban J connectivity index is 2.88. The van der Waals surface area contributed by atoms with Crippen molar-refractivity contribution in [2.75, 3.05) is 10.7 Å². The van der Waals surface area contributed by atoms with Gasteiger partial charge in [-0.3, -0.25) is 0 Å². The minimum Gasteiger partial charge on any atom is -0.0922 e. The van der Waals surface area contributed by atoms with Gasteiger partial charge in [-0.25, -0.2) is 0 Å². The van der Waals surface area contributed by atoms with Crippen molar-refractivity contribution < 1.29 is 0 Å². The summed E-state index contributed by atoms with van der Waals surface area (Å²) in [5, 5.41) is 2.06. The first kappa shape index (κ1) is 13.7. The second-order valence-electron chi connectivity index (χ2n) is 3.89. The molecule has 84 valence electrons. The quantitative estimate of drug-likeness (QED) is 0.599. The van der Waals surface area contributed by atoms with Gasteiger partial charge in [0.1, 0.15) is 0 Å². The molecule has 0 spiro atoms. The Morgan fingerprint density at radius 1 is 1.13 bits per heavy atom. The van der Waals surface area contributed by atoms with Crippen molar-refractivity contribution in [1.29, 1.82) is 0 Å². The summed E-state index contributed by atoms with van der Waals surface area (Å²) in [7, 11) is 0. The summed E-state index contributed by atoms with van der Waals surface area (Å²) in [5.41, 5.74) is 1.71. The van der Waals surface area contributed by atoms with Crippen molar-refractivity contribution in [3.8, 4) is 0 Å². The molecule has 0 atom stereocenters. The van der Waals surface area contributed by atoms with Gasteiger partial charge in [-0.2, -0.15) is 0 Å². The summed E-state index contributed by atoms with van der Waals surface area (Å²) in [6.45, 7) is 2.25. The van der Waals surface area contributed by atoms with E-state index in [-0.39, 0.29) is 0 Å². The molecule has 0 aliphatic carbocycles. The zero-order valence-corrected chi connectivity index (χ0v) is 13.5. The van der Waals surface area contributed by atoms with Gasteiger partial charge >= 0.3 is 0 Å². The van der Waals surface area contributed by atoms with Gasteiger partial charge in [0.25, 0.3) is 0 Å². The summed E-state index contributed by atoms with van der Waals surface area (Å²) >= 11 is 10.9. The first-order valence-electron chi connectivity index (χ1n) is 5.03. The molecule has 0 unspecified atom stereocenters. The minimum absolute atomic E-state index is 0.323. The summed E-state index contributed by atoms with van der Waals surface area (Å²) in [6, 6.07) is 8.46. The fraction of sp³-hybridized carbons (Fsp3) is 0.500. The van der Waals surface area contributed by atoms with Gasteiger partial charge in [0.2, 0.25) is 0 Å². The SMILES string of the molecule is CCC(CBr)(CBr)Cc1ccccc1Br. The molecule has 15 heavy (non-hydrogen) atoms. The third-order valence-electron chi connectivity index (χ3n) is 2.84. The molecule has 0 bridgehead atoms. The third kappa shape index (κ3) is 3.57. The Bertz CT molecular complexity index is 297. The van der Waals surface area contributed by atoms with E-state index >= 15 is 0 Å². The molecule has 1 aromatic carbocycles. The molecule has 0 fully saturated rings. The van der Waals surface area contributed by atoms with Crippen LogP contribution in [0.1, 0.15) is 18.9 Å². The largest absolute Gasteiger partial charge is 0.0922 e. The van der Waals surface area contributed by atoms with Gasteiger partial charge in [0.15, 0.2) is 0 Å². The van der Waals surface area contributed by atoms with Gasteiger partial charge < -0.3 is 0 Å². The van der Waals surface area contributed by atoms with Crippen LogP contribution in [0.5, 0.6) is 0 Å². The Labute approximate surface area is 117 Å². The predicted octanol–water partition coefficient (Wildman–Crippen LogP) is 5.18. The van der Waals surface area contributed by atoms with Crippen LogP contribution in [0.2, 0.25) is 0 Å². The molecule has 0 amide bonds. The van der Waals surface area contributed by atoms with Gasteiger partial charge in [-0.1, -0.05) is 72.9 Å². The fourth-order valence-electron chi connectivity index (χ4n) is 1.49. The molecule has 0 N–H and O–H groups in total. The summed E-state index contributed by atoms with van der Waals surface area (Å²) in [4.78, 5) is 0. The average Bonchev–Trinajstić information content (AvgIpc) is 2.29. The number of benzene rings is 1. The van der Waals surface area contributed by atoms with E-state index in [2.05, 4.69) is 79.0 Å². The second kappa shape index (κ2) is 6.41. The van der Waals surface area contributed by atoms with Crippen molar-refractivity contribution in [2.24, 2.45) is 5.41 Å². The van der Waals surface area contributed by atoms with Crippen molar-refractivity contribution in [2.45, 2.75) is 19.8 Å². The molecule has 0 aliphatic heterocycles. The van der Waals surface area contributed by atoms with E-state index in [1.807, 2.05) is 0 Å². The maximum atomic E-state index is 3.63. The number of hydrogen-bond donors (Lipinski definition) is 0. The lowest BCUT2D eigenvalue weighted by Crippen LogP contribution is -2.26. The minimum atomic E-state index is 0.323. The van der Waals surface area contributed by atoms with E-state index in [4.69, 9.17) is 0 Å². The molecule has 1 aromatic rings. The van der Waals surface area contributed by atoms with E-state index in [0.29, 0.717) is 5.41 Å². The number of hydrogen-bond acceptors (Lipinski definition) is 0. The zero-order chi connectivity index (χ0) is 11.3. The van der Waals surface area contributed by atoms with Gasteiger partial charge in [-0.05, 0) is 29.9 Å². The number of alkyl halides is 2. The normalized spacial score (nSPS) is 11.7. The Hall–Kier alpha value is 0.660. The molecule has 3 heteroatoms. The number of halogens is 3. The monoisotopic (exact) mass is 396 g/mol. The van der Waals surface area contributed by atoms with E-state index in [1.54, 1.807) is 0 Å². The van der Waals surface area contributed by atoms with Crippen LogP contribution < -0.4 is 0 Å².